The number of nitrogens with one attached hydrogen (secondary N) is 1. The number of anilines is 1. The standard InChI is InChI=1S/C22H21BrN2O6S/c23-16-1-5-18(6-2-16)30-15-19-7-10-21(31-19)22(26)24-17-3-8-20(9-4-17)32(27,28)25-11-13-29-14-12-25/h1-10H,11-15H2,(H,24,26). The van der Waals surface area contributed by atoms with E-state index in [1.54, 1.807) is 24.3 Å². The number of halogens is 1. The summed E-state index contributed by atoms with van der Waals surface area (Å²) in [6, 6.07) is 16.7. The number of nitrogens with zero attached hydrogens (tertiary/aromatic N) is 1. The van der Waals surface area contributed by atoms with Gasteiger partial charge < -0.3 is 19.2 Å². The van der Waals surface area contributed by atoms with E-state index >= 15 is 0 Å². The minimum atomic E-state index is -3.58. The van der Waals surface area contributed by atoms with Gasteiger partial charge in [-0.25, -0.2) is 8.42 Å². The van der Waals surface area contributed by atoms with E-state index in [1.165, 1.54) is 16.4 Å². The van der Waals surface area contributed by atoms with Crippen molar-refractivity contribution in [2.24, 2.45) is 0 Å². The molecule has 1 aliphatic rings. The van der Waals surface area contributed by atoms with Gasteiger partial charge in [-0.05, 0) is 60.7 Å². The lowest BCUT2D eigenvalue weighted by Crippen LogP contribution is -2.40. The molecule has 1 amide bonds. The number of benzene rings is 2. The fourth-order valence-corrected chi connectivity index (χ4v) is 4.77. The van der Waals surface area contributed by atoms with Gasteiger partial charge in [-0.2, -0.15) is 4.31 Å². The molecule has 0 saturated carbocycles. The number of carbonyl (C=O) groups excluding carboxylic acids is 1. The summed E-state index contributed by atoms with van der Waals surface area (Å²) < 4.78 is 44.1. The zero-order valence-electron chi connectivity index (χ0n) is 17.0. The number of hydrogen-bond acceptors (Lipinski definition) is 6. The molecule has 8 nitrogen and oxygen atoms in total. The number of furan rings is 1. The summed E-state index contributed by atoms with van der Waals surface area (Å²) >= 11 is 3.36. The van der Waals surface area contributed by atoms with E-state index in [1.807, 2.05) is 24.3 Å². The predicted octanol–water partition coefficient (Wildman–Crippen LogP) is 3.89. The molecule has 168 valence electrons. The molecule has 10 heteroatoms. The molecule has 0 spiro atoms. The first-order valence-electron chi connectivity index (χ1n) is 9.88. The van der Waals surface area contributed by atoms with Gasteiger partial charge in [0, 0.05) is 23.2 Å². The summed E-state index contributed by atoms with van der Waals surface area (Å²) in [5.41, 5.74) is 0.458. The van der Waals surface area contributed by atoms with Crippen molar-refractivity contribution in [3.8, 4) is 5.75 Å². The average molecular weight is 521 g/mol. The summed E-state index contributed by atoms with van der Waals surface area (Å²) in [5.74, 6) is 0.876. The molecule has 0 radical (unpaired) electrons. The van der Waals surface area contributed by atoms with E-state index in [2.05, 4.69) is 21.2 Å². The molecule has 1 N–H and O–H groups in total. The number of hydrogen-bond donors (Lipinski definition) is 1. The van der Waals surface area contributed by atoms with Crippen molar-refractivity contribution in [3.05, 3.63) is 76.7 Å². The number of amides is 1. The Morgan fingerprint density at radius 3 is 2.38 bits per heavy atom. The summed E-state index contributed by atoms with van der Waals surface area (Å²) in [6.45, 7) is 1.60. The van der Waals surface area contributed by atoms with E-state index in [0.29, 0.717) is 43.5 Å². The van der Waals surface area contributed by atoms with Gasteiger partial charge in [0.05, 0.1) is 18.1 Å². The maximum atomic E-state index is 12.7. The molecule has 1 aliphatic heterocycles. The number of ether oxygens (including phenoxy) is 2. The van der Waals surface area contributed by atoms with Crippen LogP contribution >= 0.6 is 15.9 Å². The van der Waals surface area contributed by atoms with Crippen LogP contribution in [0.2, 0.25) is 0 Å². The summed E-state index contributed by atoms with van der Waals surface area (Å²) in [4.78, 5) is 12.6. The van der Waals surface area contributed by atoms with Gasteiger partial charge in [0.25, 0.3) is 5.91 Å². The highest BCUT2D eigenvalue weighted by Crippen LogP contribution is 2.21. The van der Waals surface area contributed by atoms with Gasteiger partial charge in [-0.1, -0.05) is 15.9 Å². The van der Waals surface area contributed by atoms with E-state index in [0.717, 1.165) is 4.47 Å². The Balaban J connectivity index is 1.35. The average Bonchev–Trinajstić information content (AvgIpc) is 3.29. The third kappa shape index (κ3) is 5.39. The molecule has 0 bridgehead atoms. The van der Waals surface area contributed by atoms with Gasteiger partial charge >= 0.3 is 0 Å². The van der Waals surface area contributed by atoms with Crippen LogP contribution in [0.25, 0.3) is 0 Å². The molecule has 0 atom stereocenters. The van der Waals surface area contributed by atoms with Gasteiger partial charge in [0.2, 0.25) is 10.0 Å². The smallest absolute Gasteiger partial charge is 0.291 e. The van der Waals surface area contributed by atoms with Crippen molar-refractivity contribution < 1.29 is 27.1 Å². The van der Waals surface area contributed by atoms with Gasteiger partial charge in [-0.3, -0.25) is 4.79 Å². The summed E-state index contributed by atoms with van der Waals surface area (Å²) in [7, 11) is -3.58. The minimum absolute atomic E-state index is 0.129. The maximum absolute atomic E-state index is 12.7. The van der Waals surface area contributed by atoms with Crippen molar-refractivity contribution in [2.45, 2.75) is 11.5 Å². The molecule has 2 heterocycles. The SMILES string of the molecule is O=C(Nc1ccc(S(=O)(=O)N2CCOCC2)cc1)c1ccc(COc2ccc(Br)cc2)o1. The number of morpholine rings is 1. The van der Waals surface area contributed by atoms with Crippen LogP contribution in [0.3, 0.4) is 0 Å². The highest BCUT2D eigenvalue weighted by molar-refractivity contribution is 9.10. The van der Waals surface area contributed by atoms with E-state index < -0.39 is 15.9 Å². The highest BCUT2D eigenvalue weighted by atomic mass is 79.9. The van der Waals surface area contributed by atoms with Crippen LogP contribution < -0.4 is 10.1 Å². The van der Waals surface area contributed by atoms with E-state index in [-0.39, 0.29) is 17.3 Å². The Bertz CT molecular complexity index is 1170. The van der Waals surface area contributed by atoms with Gasteiger partial charge in [-0.15, -0.1) is 0 Å². The summed E-state index contributed by atoms with van der Waals surface area (Å²) in [5, 5.41) is 2.70. The molecular weight excluding hydrogens is 500 g/mol. The lowest BCUT2D eigenvalue weighted by Gasteiger charge is -2.26. The number of sulfonamides is 1. The van der Waals surface area contributed by atoms with Crippen LogP contribution in [0.5, 0.6) is 5.75 Å². The molecule has 2 aromatic carbocycles. The fourth-order valence-electron chi connectivity index (χ4n) is 3.10. The zero-order chi connectivity index (χ0) is 22.6. The zero-order valence-corrected chi connectivity index (χ0v) is 19.4. The van der Waals surface area contributed by atoms with Crippen molar-refractivity contribution in [3.63, 3.8) is 0 Å². The van der Waals surface area contributed by atoms with E-state index in [9.17, 15) is 13.2 Å². The molecule has 1 aromatic heterocycles. The van der Waals surface area contributed by atoms with Crippen LogP contribution in [0, 0.1) is 0 Å². The largest absolute Gasteiger partial charge is 0.486 e. The lowest BCUT2D eigenvalue weighted by molar-refractivity contribution is 0.0730. The molecule has 3 aromatic rings. The van der Waals surface area contributed by atoms with Crippen LogP contribution in [-0.2, 0) is 21.4 Å². The molecule has 32 heavy (non-hydrogen) atoms. The van der Waals surface area contributed by atoms with Crippen LogP contribution in [0.1, 0.15) is 16.3 Å². The van der Waals surface area contributed by atoms with Crippen molar-refractivity contribution >= 4 is 37.5 Å². The summed E-state index contributed by atoms with van der Waals surface area (Å²) in [6.07, 6.45) is 0. The van der Waals surface area contributed by atoms with Gasteiger partial charge in [0.15, 0.2) is 5.76 Å². The Hall–Kier alpha value is -2.66. The number of carbonyl (C=O) groups is 1. The second kappa shape index (κ2) is 9.86. The van der Waals surface area contributed by atoms with Crippen LogP contribution in [-0.4, -0.2) is 44.9 Å². The van der Waals surface area contributed by atoms with Gasteiger partial charge in [0.1, 0.15) is 18.1 Å². The quantitative estimate of drug-likeness (QED) is 0.507. The Morgan fingerprint density at radius 2 is 1.69 bits per heavy atom. The highest BCUT2D eigenvalue weighted by Gasteiger charge is 2.26. The van der Waals surface area contributed by atoms with Crippen LogP contribution in [0.15, 0.2) is 74.4 Å². The normalized spacial score (nSPS) is 14.8. The Kier molecular flexibility index (Phi) is 6.95. The monoisotopic (exact) mass is 520 g/mol. The lowest BCUT2D eigenvalue weighted by atomic mass is 10.3. The molecule has 0 unspecified atom stereocenters. The second-order valence-electron chi connectivity index (χ2n) is 7.00. The third-order valence-corrected chi connectivity index (χ3v) is 7.24. The van der Waals surface area contributed by atoms with Crippen molar-refractivity contribution in [1.82, 2.24) is 4.31 Å². The van der Waals surface area contributed by atoms with Crippen molar-refractivity contribution in [1.29, 1.82) is 0 Å². The maximum Gasteiger partial charge on any atom is 0.291 e. The first-order chi connectivity index (χ1) is 15.4. The van der Waals surface area contributed by atoms with Crippen molar-refractivity contribution in [2.75, 3.05) is 31.6 Å². The molecule has 1 fully saturated rings. The van der Waals surface area contributed by atoms with E-state index in [4.69, 9.17) is 13.9 Å². The molecule has 4 rings (SSSR count). The Morgan fingerprint density at radius 1 is 1.00 bits per heavy atom. The molecular formula is C22H21BrN2O6S. The first kappa shape index (κ1) is 22.5. The molecule has 1 saturated heterocycles. The number of rotatable bonds is 7. The minimum Gasteiger partial charge on any atom is -0.486 e. The molecule has 0 aliphatic carbocycles. The van der Waals surface area contributed by atoms with Crippen LogP contribution in [0.4, 0.5) is 5.69 Å². The first-order valence-corrected chi connectivity index (χ1v) is 12.1. The topological polar surface area (TPSA) is 98.1 Å². The second-order valence-corrected chi connectivity index (χ2v) is 9.86. The third-order valence-electron chi connectivity index (χ3n) is 4.80. The fraction of sp³-hybridized carbons (Fsp3) is 0.227. The Labute approximate surface area is 194 Å². The predicted molar refractivity (Wildman–Crippen MR) is 121 cm³/mol.